The summed E-state index contributed by atoms with van der Waals surface area (Å²) >= 11 is 6.24. The van der Waals surface area contributed by atoms with Crippen LogP contribution in [0.15, 0.2) is 18.2 Å². The Labute approximate surface area is 159 Å². The molecule has 2 heterocycles. The Morgan fingerprint density at radius 1 is 1.15 bits per heavy atom. The molecule has 142 valence electrons. The van der Waals surface area contributed by atoms with Crippen molar-refractivity contribution in [3.8, 4) is 5.75 Å². The zero-order valence-electron chi connectivity index (χ0n) is 14.7. The van der Waals surface area contributed by atoms with E-state index in [0.717, 1.165) is 25.7 Å². The van der Waals surface area contributed by atoms with E-state index in [1.54, 1.807) is 23.1 Å². The minimum absolute atomic E-state index is 0.0102. The van der Waals surface area contributed by atoms with Crippen LogP contribution in [0.1, 0.15) is 25.7 Å². The number of hydrogen-bond donors (Lipinski definition) is 0. The van der Waals surface area contributed by atoms with Crippen molar-refractivity contribution in [2.24, 2.45) is 0 Å². The van der Waals surface area contributed by atoms with Gasteiger partial charge in [0.25, 0.3) is 0 Å². The molecule has 6 nitrogen and oxygen atoms in total. The maximum Gasteiger partial charge on any atom is 0.241 e. The van der Waals surface area contributed by atoms with Gasteiger partial charge in [0.2, 0.25) is 5.91 Å². The van der Waals surface area contributed by atoms with Crippen LogP contribution in [0.4, 0.5) is 5.69 Å². The smallest absolute Gasteiger partial charge is 0.241 e. The molecule has 0 aromatic heterocycles. The number of carbonyl (C=O) groups excluding carboxylic acids is 1. The van der Waals surface area contributed by atoms with Crippen molar-refractivity contribution < 1.29 is 17.9 Å². The number of methoxy groups -OCH3 is 1. The average molecular weight is 399 g/mol. The maximum absolute atomic E-state index is 13.0. The highest BCUT2D eigenvalue weighted by atomic mass is 35.5. The van der Waals surface area contributed by atoms with E-state index in [0.29, 0.717) is 22.5 Å². The molecule has 0 radical (unpaired) electrons. The lowest BCUT2D eigenvalue weighted by molar-refractivity contribution is -0.124. The molecule has 2 atom stereocenters. The lowest BCUT2D eigenvalue weighted by Crippen LogP contribution is -2.64. The second-order valence-corrected chi connectivity index (χ2v) is 9.97. The van der Waals surface area contributed by atoms with Crippen LogP contribution in [0.5, 0.6) is 5.75 Å². The fraction of sp³-hybridized carbons (Fsp3) is 0.611. The molecule has 0 unspecified atom stereocenters. The standard InChI is InChI=1S/C18H23ClN2O4S/c1-25-17-7-6-13(8-14(17)19)21-16-11-26(23,24)10-15(16)20(9-18(21)22)12-4-2-3-5-12/h6-8,12,15-16H,2-5,9-11H2,1H3/t15-,16-/m0/s1. The van der Waals surface area contributed by atoms with Gasteiger partial charge in [-0.1, -0.05) is 24.4 Å². The summed E-state index contributed by atoms with van der Waals surface area (Å²) in [6.07, 6.45) is 4.39. The second-order valence-electron chi connectivity index (χ2n) is 7.40. The number of ether oxygens (including phenoxy) is 1. The van der Waals surface area contributed by atoms with Crippen LogP contribution in [-0.4, -0.2) is 62.5 Å². The Hall–Kier alpha value is -1.31. The van der Waals surface area contributed by atoms with Crippen molar-refractivity contribution in [2.75, 3.05) is 30.1 Å². The number of hydrogen-bond acceptors (Lipinski definition) is 5. The normalized spacial score (nSPS) is 29.2. The third-order valence-corrected chi connectivity index (χ3v) is 7.84. The van der Waals surface area contributed by atoms with Gasteiger partial charge in [0.05, 0.1) is 36.2 Å². The molecule has 2 aliphatic heterocycles. The highest BCUT2D eigenvalue weighted by Gasteiger charge is 2.51. The highest BCUT2D eigenvalue weighted by Crippen LogP contribution is 2.38. The fourth-order valence-electron chi connectivity index (χ4n) is 4.68. The topological polar surface area (TPSA) is 66.9 Å². The summed E-state index contributed by atoms with van der Waals surface area (Å²) < 4.78 is 30.0. The number of amides is 1. The monoisotopic (exact) mass is 398 g/mol. The summed E-state index contributed by atoms with van der Waals surface area (Å²) in [6, 6.07) is 5.00. The van der Waals surface area contributed by atoms with Crippen molar-refractivity contribution in [3.63, 3.8) is 0 Å². The first-order valence-corrected chi connectivity index (χ1v) is 11.2. The van der Waals surface area contributed by atoms with E-state index >= 15 is 0 Å². The van der Waals surface area contributed by atoms with Crippen molar-refractivity contribution in [1.82, 2.24) is 4.90 Å². The number of sulfone groups is 1. The summed E-state index contributed by atoms with van der Waals surface area (Å²) in [6.45, 7) is 0.269. The molecule has 0 N–H and O–H groups in total. The second kappa shape index (κ2) is 6.69. The summed E-state index contributed by atoms with van der Waals surface area (Å²) in [4.78, 5) is 16.8. The van der Waals surface area contributed by atoms with Gasteiger partial charge in [-0.25, -0.2) is 8.42 Å². The lowest BCUT2D eigenvalue weighted by Gasteiger charge is -2.46. The number of anilines is 1. The molecule has 1 amide bonds. The largest absolute Gasteiger partial charge is 0.495 e. The Balaban J connectivity index is 1.70. The Kier molecular flexibility index (Phi) is 4.65. The predicted octanol–water partition coefficient (Wildman–Crippen LogP) is 2.11. The number of nitrogens with zero attached hydrogens (tertiary/aromatic N) is 2. The van der Waals surface area contributed by atoms with E-state index in [9.17, 15) is 13.2 Å². The number of halogens is 1. The van der Waals surface area contributed by atoms with Gasteiger partial charge in [-0.15, -0.1) is 0 Å². The van der Waals surface area contributed by atoms with E-state index < -0.39 is 9.84 Å². The Bertz CT molecular complexity index is 822. The van der Waals surface area contributed by atoms with Crippen molar-refractivity contribution in [2.45, 2.75) is 43.8 Å². The van der Waals surface area contributed by atoms with Crippen LogP contribution in [0.3, 0.4) is 0 Å². The summed E-state index contributed by atoms with van der Waals surface area (Å²) in [5.41, 5.74) is 0.638. The third kappa shape index (κ3) is 3.10. The molecule has 1 aromatic carbocycles. The molecule has 2 saturated heterocycles. The number of rotatable bonds is 3. The van der Waals surface area contributed by atoms with Crippen LogP contribution in [0, 0.1) is 0 Å². The molecule has 1 aromatic rings. The lowest BCUT2D eigenvalue weighted by atomic mass is 10.00. The van der Waals surface area contributed by atoms with Gasteiger partial charge < -0.3 is 9.64 Å². The minimum atomic E-state index is -3.17. The minimum Gasteiger partial charge on any atom is -0.495 e. The molecule has 0 bridgehead atoms. The summed E-state index contributed by atoms with van der Waals surface area (Å²) in [5.74, 6) is 0.609. The van der Waals surface area contributed by atoms with Crippen LogP contribution in [0.25, 0.3) is 0 Å². The number of fused-ring (bicyclic) bond motifs is 1. The third-order valence-electron chi connectivity index (χ3n) is 5.84. The van der Waals surface area contributed by atoms with Gasteiger partial charge in [-0.05, 0) is 31.0 Å². The number of benzene rings is 1. The molecule has 26 heavy (non-hydrogen) atoms. The van der Waals surface area contributed by atoms with Gasteiger partial charge >= 0.3 is 0 Å². The van der Waals surface area contributed by atoms with Crippen molar-refractivity contribution in [3.05, 3.63) is 23.2 Å². The van der Waals surface area contributed by atoms with E-state index in [-0.39, 0.29) is 36.0 Å². The first kappa shape index (κ1) is 18.1. The van der Waals surface area contributed by atoms with E-state index in [4.69, 9.17) is 16.3 Å². The van der Waals surface area contributed by atoms with Crippen LogP contribution in [0.2, 0.25) is 5.02 Å². The van der Waals surface area contributed by atoms with E-state index in [1.165, 1.54) is 7.11 Å². The van der Waals surface area contributed by atoms with Gasteiger partial charge in [0, 0.05) is 17.8 Å². The fourth-order valence-corrected chi connectivity index (χ4v) is 6.90. The van der Waals surface area contributed by atoms with E-state index in [1.807, 2.05) is 0 Å². The van der Waals surface area contributed by atoms with Crippen LogP contribution in [-0.2, 0) is 14.6 Å². The van der Waals surface area contributed by atoms with Gasteiger partial charge in [0.1, 0.15) is 5.75 Å². The quantitative estimate of drug-likeness (QED) is 0.780. The first-order chi connectivity index (χ1) is 12.4. The molecule has 0 spiro atoms. The maximum atomic E-state index is 13.0. The Morgan fingerprint density at radius 2 is 1.85 bits per heavy atom. The molecular weight excluding hydrogens is 376 g/mol. The summed E-state index contributed by atoms with van der Waals surface area (Å²) in [7, 11) is -1.64. The molecule has 8 heteroatoms. The van der Waals surface area contributed by atoms with Gasteiger partial charge in [-0.2, -0.15) is 0 Å². The summed E-state index contributed by atoms with van der Waals surface area (Å²) in [5, 5.41) is 0.411. The molecule has 4 rings (SSSR count). The predicted molar refractivity (Wildman–Crippen MR) is 101 cm³/mol. The number of carbonyl (C=O) groups is 1. The van der Waals surface area contributed by atoms with Crippen LogP contribution >= 0.6 is 11.6 Å². The zero-order chi connectivity index (χ0) is 18.5. The van der Waals surface area contributed by atoms with E-state index in [2.05, 4.69) is 4.90 Å². The molecule has 3 aliphatic rings. The van der Waals surface area contributed by atoms with Crippen LogP contribution < -0.4 is 9.64 Å². The number of piperazine rings is 1. The first-order valence-electron chi connectivity index (χ1n) is 9.01. The molecule has 1 saturated carbocycles. The van der Waals surface area contributed by atoms with Crippen molar-refractivity contribution >= 4 is 33.0 Å². The molecular formula is C18H23ClN2O4S. The zero-order valence-corrected chi connectivity index (χ0v) is 16.3. The van der Waals surface area contributed by atoms with Gasteiger partial charge in [-0.3, -0.25) is 9.69 Å². The molecule has 3 fully saturated rings. The molecule has 1 aliphatic carbocycles. The van der Waals surface area contributed by atoms with Gasteiger partial charge in [0.15, 0.2) is 9.84 Å². The van der Waals surface area contributed by atoms with Crippen molar-refractivity contribution in [1.29, 1.82) is 0 Å². The Morgan fingerprint density at radius 3 is 2.50 bits per heavy atom. The average Bonchev–Trinajstić information content (AvgIpc) is 3.21. The highest BCUT2D eigenvalue weighted by molar-refractivity contribution is 7.91. The SMILES string of the molecule is COc1ccc(N2C(=O)CN(C3CCCC3)[C@H]3CS(=O)(=O)C[C@@H]32)cc1Cl.